The van der Waals surface area contributed by atoms with Crippen LogP contribution in [-0.4, -0.2) is 25.8 Å². The molecule has 0 N–H and O–H groups in total. The molecule has 2 atom stereocenters. The molecule has 0 aromatic heterocycles. The SMILES string of the molecule is CCOC(C)Oc1cc(I)c(OC(C)OCC)cc1I. The van der Waals surface area contributed by atoms with E-state index >= 15 is 0 Å². The van der Waals surface area contributed by atoms with Crippen molar-refractivity contribution >= 4 is 45.2 Å². The van der Waals surface area contributed by atoms with E-state index in [9.17, 15) is 0 Å². The van der Waals surface area contributed by atoms with Crippen LogP contribution in [0.3, 0.4) is 0 Å². The minimum Gasteiger partial charge on any atom is -0.464 e. The average molecular weight is 506 g/mol. The van der Waals surface area contributed by atoms with Gasteiger partial charge < -0.3 is 18.9 Å². The molecule has 0 aliphatic rings. The van der Waals surface area contributed by atoms with Gasteiger partial charge in [-0.15, -0.1) is 0 Å². The van der Waals surface area contributed by atoms with Crippen molar-refractivity contribution in [3.05, 3.63) is 19.3 Å². The molecule has 0 fully saturated rings. The van der Waals surface area contributed by atoms with Crippen molar-refractivity contribution in [1.82, 2.24) is 0 Å². The summed E-state index contributed by atoms with van der Waals surface area (Å²) in [5.41, 5.74) is 0. The van der Waals surface area contributed by atoms with Gasteiger partial charge in [-0.3, -0.25) is 0 Å². The van der Waals surface area contributed by atoms with E-state index in [4.69, 9.17) is 18.9 Å². The lowest BCUT2D eigenvalue weighted by molar-refractivity contribution is -0.0643. The number of halogens is 2. The lowest BCUT2D eigenvalue weighted by atomic mass is 10.3. The summed E-state index contributed by atoms with van der Waals surface area (Å²) in [6.45, 7) is 8.91. The highest BCUT2D eigenvalue weighted by atomic mass is 127. The predicted octanol–water partition coefficient (Wildman–Crippen LogP) is 4.42. The fraction of sp³-hybridized carbons (Fsp3) is 0.571. The average Bonchev–Trinajstić information content (AvgIpc) is 2.36. The molecule has 0 saturated carbocycles. The van der Waals surface area contributed by atoms with Gasteiger partial charge in [-0.25, -0.2) is 0 Å². The van der Waals surface area contributed by atoms with Crippen molar-refractivity contribution in [3.63, 3.8) is 0 Å². The van der Waals surface area contributed by atoms with Crippen molar-refractivity contribution in [3.8, 4) is 11.5 Å². The van der Waals surface area contributed by atoms with Crippen LogP contribution in [0.5, 0.6) is 11.5 Å². The molecule has 1 aromatic carbocycles. The molecule has 0 spiro atoms. The Bertz CT molecular complexity index is 386. The molecule has 0 bridgehead atoms. The van der Waals surface area contributed by atoms with E-state index in [1.807, 2.05) is 39.8 Å². The third kappa shape index (κ3) is 5.90. The zero-order valence-electron chi connectivity index (χ0n) is 12.1. The largest absolute Gasteiger partial charge is 0.464 e. The second kappa shape index (κ2) is 9.26. The summed E-state index contributed by atoms with van der Waals surface area (Å²) in [5.74, 6) is 1.60. The molecule has 6 heteroatoms. The molecule has 2 unspecified atom stereocenters. The first kappa shape index (κ1) is 18.2. The molecule has 0 heterocycles. The Kier molecular flexibility index (Phi) is 8.45. The normalized spacial score (nSPS) is 13.9. The van der Waals surface area contributed by atoms with Gasteiger partial charge in [0.25, 0.3) is 0 Å². The summed E-state index contributed by atoms with van der Waals surface area (Å²) in [6, 6.07) is 3.90. The Morgan fingerprint density at radius 2 is 1.20 bits per heavy atom. The van der Waals surface area contributed by atoms with Crippen LogP contribution in [0.15, 0.2) is 12.1 Å². The van der Waals surface area contributed by atoms with E-state index in [1.54, 1.807) is 0 Å². The van der Waals surface area contributed by atoms with Crippen LogP contribution in [0.1, 0.15) is 27.7 Å². The number of ether oxygens (including phenoxy) is 4. The summed E-state index contributed by atoms with van der Waals surface area (Å²) < 4.78 is 24.2. The van der Waals surface area contributed by atoms with Gasteiger partial charge >= 0.3 is 0 Å². The van der Waals surface area contributed by atoms with Crippen molar-refractivity contribution < 1.29 is 18.9 Å². The summed E-state index contributed by atoms with van der Waals surface area (Å²) in [6.07, 6.45) is -0.531. The van der Waals surface area contributed by atoms with Crippen LogP contribution in [0.4, 0.5) is 0 Å². The minimum absolute atomic E-state index is 0.265. The van der Waals surface area contributed by atoms with Gasteiger partial charge in [0.05, 0.1) is 7.14 Å². The van der Waals surface area contributed by atoms with Crippen LogP contribution in [-0.2, 0) is 9.47 Å². The summed E-state index contributed by atoms with van der Waals surface area (Å²) >= 11 is 4.46. The van der Waals surface area contributed by atoms with Gasteiger partial charge in [0.15, 0.2) is 12.6 Å². The van der Waals surface area contributed by atoms with E-state index in [0.717, 1.165) is 18.6 Å². The van der Waals surface area contributed by atoms with Crippen LogP contribution in [0.2, 0.25) is 0 Å². The van der Waals surface area contributed by atoms with E-state index in [1.165, 1.54) is 0 Å². The maximum absolute atomic E-state index is 5.75. The summed E-state index contributed by atoms with van der Waals surface area (Å²) in [5, 5.41) is 0. The topological polar surface area (TPSA) is 36.9 Å². The first-order chi connectivity index (χ1) is 9.47. The Balaban J connectivity index is 2.80. The molecule has 114 valence electrons. The van der Waals surface area contributed by atoms with Gasteiger partial charge in [-0.1, -0.05) is 0 Å². The molecule has 4 nitrogen and oxygen atoms in total. The van der Waals surface area contributed by atoms with Gasteiger partial charge in [-0.05, 0) is 85.0 Å². The van der Waals surface area contributed by atoms with E-state index in [2.05, 4.69) is 45.2 Å². The van der Waals surface area contributed by atoms with E-state index in [-0.39, 0.29) is 12.6 Å². The van der Waals surface area contributed by atoms with Gasteiger partial charge in [0.2, 0.25) is 0 Å². The molecule has 0 amide bonds. The van der Waals surface area contributed by atoms with Gasteiger partial charge in [0, 0.05) is 13.2 Å². The second-order valence-electron chi connectivity index (χ2n) is 3.99. The highest BCUT2D eigenvalue weighted by molar-refractivity contribution is 14.1. The fourth-order valence-corrected chi connectivity index (χ4v) is 2.72. The van der Waals surface area contributed by atoms with Crippen molar-refractivity contribution in [1.29, 1.82) is 0 Å². The van der Waals surface area contributed by atoms with E-state index in [0.29, 0.717) is 13.2 Å². The summed E-state index contributed by atoms with van der Waals surface area (Å²) in [4.78, 5) is 0. The molecule has 0 aliphatic carbocycles. The maximum Gasteiger partial charge on any atom is 0.197 e. The molecule has 1 aromatic rings. The van der Waals surface area contributed by atoms with Crippen LogP contribution < -0.4 is 9.47 Å². The Hall–Kier alpha value is 0.200. The number of hydrogen-bond acceptors (Lipinski definition) is 4. The Morgan fingerprint density at radius 3 is 1.50 bits per heavy atom. The zero-order chi connectivity index (χ0) is 15.1. The van der Waals surface area contributed by atoms with Crippen LogP contribution in [0.25, 0.3) is 0 Å². The molecule has 0 aliphatic heterocycles. The molecule has 20 heavy (non-hydrogen) atoms. The molecule has 0 radical (unpaired) electrons. The van der Waals surface area contributed by atoms with Crippen LogP contribution in [0, 0.1) is 7.14 Å². The number of hydrogen-bond donors (Lipinski definition) is 0. The number of rotatable bonds is 8. The maximum atomic E-state index is 5.75. The van der Waals surface area contributed by atoms with Crippen molar-refractivity contribution in [2.45, 2.75) is 40.3 Å². The zero-order valence-corrected chi connectivity index (χ0v) is 16.4. The first-order valence-corrected chi connectivity index (χ1v) is 8.69. The Morgan fingerprint density at radius 1 is 0.850 bits per heavy atom. The second-order valence-corrected chi connectivity index (χ2v) is 6.32. The quantitative estimate of drug-likeness (QED) is 0.387. The highest BCUT2D eigenvalue weighted by Gasteiger charge is 2.13. The highest BCUT2D eigenvalue weighted by Crippen LogP contribution is 2.32. The molecular formula is C14H20I2O4. The van der Waals surface area contributed by atoms with Crippen molar-refractivity contribution in [2.75, 3.05) is 13.2 Å². The predicted molar refractivity (Wildman–Crippen MR) is 95.3 cm³/mol. The minimum atomic E-state index is -0.265. The van der Waals surface area contributed by atoms with Crippen LogP contribution >= 0.6 is 45.2 Å². The smallest absolute Gasteiger partial charge is 0.197 e. The number of benzene rings is 1. The molecule has 0 saturated heterocycles. The monoisotopic (exact) mass is 506 g/mol. The summed E-state index contributed by atoms with van der Waals surface area (Å²) in [7, 11) is 0. The van der Waals surface area contributed by atoms with Crippen molar-refractivity contribution in [2.24, 2.45) is 0 Å². The van der Waals surface area contributed by atoms with Gasteiger partial charge in [0.1, 0.15) is 11.5 Å². The van der Waals surface area contributed by atoms with E-state index < -0.39 is 0 Å². The third-order valence-electron chi connectivity index (χ3n) is 2.38. The first-order valence-electron chi connectivity index (χ1n) is 6.53. The Labute approximate surface area is 147 Å². The fourth-order valence-electron chi connectivity index (χ4n) is 1.59. The lowest BCUT2D eigenvalue weighted by Gasteiger charge is -2.19. The lowest BCUT2D eigenvalue weighted by Crippen LogP contribution is -2.18. The molecule has 1 rings (SSSR count). The standard InChI is InChI=1S/C14H20I2O4/c1-5-17-9(3)19-13-7-12(16)14(8-11(13)15)20-10(4)18-6-2/h7-10H,5-6H2,1-4H3. The van der Waals surface area contributed by atoms with Gasteiger partial charge in [-0.2, -0.15) is 0 Å². The third-order valence-corrected chi connectivity index (χ3v) is 4.06. The molecular weight excluding hydrogens is 486 g/mol.